The lowest BCUT2D eigenvalue weighted by Gasteiger charge is -2.19. The van der Waals surface area contributed by atoms with E-state index in [1.54, 1.807) is 48.5 Å². The van der Waals surface area contributed by atoms with Gasteiger partial charge in [0.05, 0.1) is 22.7 Å². The highest BCUT2D eigenvalue weighted by Crippen LogP contribution is 2.21. The summed E-state index contributed by atoms with van der Waals surface area (Å²) in [7, 11) is 0. The van der Waals surface area contributed by atoms with Crippen LogP contribution in [0, 0.1) is 10.1 Å². The van der Waals surface area contributed by atoms with E-state index in [0.29, 0.717) is 16.9 Å². The van der Waals surface area contributed by atoms with Crippen molar-refractivity contribution in [2.45, 2.75) is 39.4 Å². The molecular formula is C26H25N3O7. The number of non-ortho nitro benzene ring substituents is 1. The maximum Gasteiger partial charge on any atom is 0.514 e. The summed E-state index contributed by atoms with van der Waals surface area (Å²) < 4.78 is 15.4. The zero-order chi connectivity index (χ0) is 26.1. The number of nitrogens with zero attached hydrogens (tertiary/aromatic N) is 3. The third kappa shape index (κ3) is 8.64. The molecule has 0 aliphatic rings. The molecule has 0 bridgehead atoms. The number of azo groups is 1. The Morgan fingerprint density at radius 3 is 1.86 bits per heavy atom. The van der Waals surface area contributed by atoms with E-state index in [1.165, 1.54) is 24.3 Å². The van der Waals surface area contributed by atoms with E-state index in [2.05, 4.69) is 10.2 Å². The predicted molar refractivity (Wildman–Crippen MR) is 131 cm³/mol. The van der Waals surface area contributed by atoms with Crippen LogP contribution in [-0.2, 0) is 27.3 Å². The van der Waals surface area contributed by atoms with Crippen molar-refractivity contribution in [3.05, 3.63) is 94.0 Å². The van der Waals surface area contributed by atoms with Crippen molar-refractivity contribution in [1.82, 2.24) is 0 Å². The quantitative estimate of drug-likeness (QED) is 0.114. The second-order valence-electron chi connectivity index (χ2n) is 8.69. The van der Waals surface area contributed by atoms with E-state index in [0.717, 1.165) is 5.56 Å². The number of ether oxygens (including phenoxy) is 3. The molecule has 3 aromatic carbocycles. The highest BCUT2D eigenvalue weighted by molar-refractivity contribution is 5.73. The Balaban J connectivity index is 1.46. The number of carbonyl (C=O) groups excluding carboxylic acids is 2. The monoisotopic (exact) mass is 491 g/mol. The van der Waals surface area contributed by atoms with Gasteiger partial charge in [-0.1, -0.05) is 24.3 Å². The third-order valence-corrected chi connectivity index (χ3v) is 4.53. The third-order valence-electron chi connectivity index (χ3n) is 4.53. The molecule has 0 spiro atoms. The van der Waals surface area contributed by atoms with Crippen molar-refractivity contribution >= 4 is 29.2 Å². The van der Waals surface area contributed by atoms with E-state index in [-0.39, 0.29) is 30.4 Å². The second kappa shape index (κ2) is 11.7. The van der Waals surface area contributed by atoms with Gasteiger partial charge >= 0.3 is 12.1 Å². The van der Waals surface area contributed by atoms with Gasteiger partial charge < -0.3 is 14.2 Å². The Morgan fingerprint density at radius 1 is 0.833 bits per heavy atom. The summed E-state index contributed by atoms with van der Waals surface area (Å²) >= 11 is 0. The molecule has 0 atom stereocenters. The van der Waals surface area contributed by atoms with Gasteiger partial charge in [-0.2, -0.15) is 10.2 Å². The Bertz CT molecular complexity index is 1230. The van der Waals surface area contributed by atoms with E-state index in [4.69, 9.17) is 14.2 Å². The molecule has 0 N–H and O–H groups in total. The van der Waals surface area contributed by atoms with E-state index < -0.39 is 16.7 Å². The first-order chi connectivity index (χ1) is 17.1. The summed E-state index contributed by atoms with van der Waals surface area (Å²) in [6, 6.07) is 19.1. The zero-order valence-corrected chi connectivity index (χ0v) is 20.0. The van der Waals surface area contributed by atoms with Crippen LogP contribution in [0.1, 0.15) is 31.9 Å². The van der Waals surface area contributed by atoms with Crippen LogP contribution in [0.3, 0.4) is 0 Å². The molecule has 10 heteroatoms. The molecule has 0 radical (unpaired) electrons. The van der Waals surface area contributed by atoms with Crippen molar-refractivity contribution in [1.29, 1.82) is 0 Å². The molecule has 186 valence electrons. The molecule has 0 saturated heterocycles. The van der Waals surface area contributed by atoms with Gasteiger partial charge in [0, 0.05) is 12.1 Å². The number of nitro benzene ring substituents is 1. The minimum Gasteiger partial charge on any atom is -0.460 e. The van der Waals surface area contributed by atoms with Crippen LogP contribution in [0.2, 0.25) is 0 Å². The highest BCUT2D eigenvalue weighted by atomic mass is 16.7. The first-order valence-corrected chi connectivity index (χ1v) is 11.0. The van der Waals surface area contributed by atoms with Crippen molar-refractivity contribution < 1.29 is 28.7 Å². The fourth-order valence-corrected chi connectivity index (χ4v) is 2.90. The summed E-state index contributed by atoms with van der Waals surface area (Å²) in [5.74, 6) is -0.153. The van der Waals surface area contributed by atoms with Gasteiger partial charge in [0.15, 0.2) is 0 Å². The average molecular weight is 492 g/mol. The molecule has 0 amide bonds. The molecule has 3 rings (SSSR count). The molecule has 3 aromatic rings. The van der Waals surface area contributed by atoms with Crippen LogP contribution in [0.15, 0.2) is 83.0 Å². The van der Waals surface area contributed by atoms with Crippen LogP contribution in [0.4, 0.5) is 21.9 Å². The standard InChI is InChI=1S/C26H25N3O7/c1-26(2,3)36-24(30)16-18-4-8-20(9-5-18)27-28-21-10-6-19(7-11-21)17-34-25(31)35-23-14-12-22(13-15-23)29(32)33/h4-15H,16-17H2,1-3H3. The van der Waals surface area contributed by atoms with Gasteiger partial charge in [0.2, 0.25) is 0 Å². The largest absolute Gasteiger partial charge is 0.514 e. The minimum absolute atomic E-state index is 0.0254. The lowest BCUT2D eigenvalue weighted by Crippen LogP contribution is -2.24. The summed E-state index contributed by atoms with van der Waals surface area (Å²) in [4.78, 5) is 33.9. The van der Waals surface area contributed by atoms with E-state index in [1.807, 2.05) is 20.8 Å². The summed E-state index contributed by atoms with van der Waals surface area (Å²) in [6.07, 6.45) is -0.748. The molecule has 0 aliphatic heterocycles. The van der Waals surface area contributed by atoms with Crippen molar-refractivity contribution in [2.24, 2.45) is 10.2 Å². The van der Waals surface area contributed by atoms with Crippen LogP contribution < -0.4 is 4.74 Å². The Hall–Kier alpha value is -4.60. The summed E-state index contributed by atoms with van der Waals surface area (Å²) in [5, 5.41) is 19.0. The lowest BCUT2D eigenvalue weighted by molar-refractivity contribution is -0.384. The molecule has 0 heterocycles. The Labute approximate surface area is 207 Å². The molecule has 0 aromatic heterocycles. The van der Waals surface area contributed by atoms with E-state index in [9.17, 15) is 19.7 Å². The van der Waals surface area contributed by atoms with Crippen LogP contribution >= 0.6 is 0 Å². The molecule has 0 saturated carbocycles. The SMILES string of the molecule is CC(C)(C)OC(=O)Cc1ccc(N=Nc2ccc(COC(=O)Oc3ccc([N+](=O)[O-])cc3)cc2)cc1. The minimum atomic E-state index is -0.928. The maximum atomic E-state index is 11.9. The summed E-state index contributed by atoms with van der Waals surface area (Å²) in [6.45, 7) is 5.45. The van der Waals surface area contributed by atoms with Crippen LogP contribution in [0.25, 0.3) is 0 Å². The van der Waals surface area contributed by atoms with Crippen molar-refractivity contribution in [2.75, 3.05) is 0 Å². The number of esters is 1. The van der Waals surface area contributed by atoms with Crippen LogP contribution in [0.5, 0.6) is 5.75 Å². The maximum absolute atomic E-state index is 11.9. The normalized spacial score (nSPS) is 11.2. The van der Waals surface area contributed by atoms with Gasteiger partial charge in [-0.15, -0.1) is 0 Å². The molecular weight excluding hydrogens is 466 g/mol. The lowest BCUT2D eigenvalue weighted by atomic mass is 10.1. The molecule has 0 unspecified atom stereocenters. The van der Waals surface area contributed by atoms with Crippen LogP contribution in [-0.4, -0.2) is 22.6 Å². The molecule has 0 fully saturated rings. The number of rotatable bonds is 8. The van der Waals surface area contributed by atoms with Gasteiger partial charge in [0.1, 0.15) is 18.0 Å². The molecule has 36 heavy (non-hydrogen) atoms. The zero-order valence-electron chi connectivity index (χ0n) is 20.0. The topological polar surface area (TPSA) is 130 Å². The van der Waals surface area contributed by atoms with Gasteiger partial charge in [-0.05, 0) is 68.3 Å². The number of carbonyl (C=O) groups is 2. The Morgan fingerprint density at radius 2 is 1.36 bits per heavy atom. The summed E-state index contributed by atoms with van der Waals surface area (Å²) in [5.41, 5.74) is 2.13. The second-order valence-corrected chi connectivity index (χ2v) is 8.69. The molecule has 10 nitrogen and oxygen atoms in total. The van der Waals surface area contributed by atoms with Gasteiger partial charge in [-0.3, -0.25) is 14.9 Å². The van der Waals surface area contributed by atoms with Gasteiger partial charge in [0.25, 0.3) is 5.69 Å². The number of hydrogen-bond donors (Lipinski definition) is 0. The number of benzene rings is 3. The average Bonchev–Trinajstić information content (AvgIpc) is 2.82. The number of hydrogen-bond acceptors (Lipinski definition) is 9. The fraction of sp³-hybridized carbons (Fsp3) is 0.231. The van der Waals surface area contributed by atoms with Crippen molar-refractivity contribution in [3.8, 4) is 5.75 Å². The first kappa shape index (κ1) is 26.0. The highest BCUT2D eigenvalue weighted by Gasteiger charge is 2.16. The van der Waals surface area contributed by atoms with Gasteiger partial charge in [-0.25, -0.2) is 4.79 Å². The fourth-order valence-electron chi connectivity index (χ4n) is 2.90. The first-order valence-electron chi connectivity index (χ1n) is 11.0. The smallest absolute Gasteiger partial charge is 0.460 e. The molecule has 0 aliphatic carbocycles. The Kier molecular flexibility index (Phi) is 8.45. The van der Waals surface area contributed by atoms with E-state index >= 15 is 0 Å². The predicted octanol–water partition coefficient (Wildman–Crippen LogP) is 6.61. The van der Waals surface area contributed by atoms with Crippen molar-refractivity contribution in [3.63, 3.8) is 0 Å². The number of nitro groups is 1.